The number of halogens is 1. The van der Waals surface area contributed by atoms with Crippen LogP contribution in [0.5, 0.6) is 0 Å². The molecule has 3 aromatic rings. The number of hydrogen-bond donors (Lipinski definition) is 3. The molecule has 1 saturated heterocycles. The third-order valence-electron chi connectivity index (χ3n) is 7.29. The molecule has 4 rings (SSSR count). The molecule has 0 bridgehead atoms. The van der Waals surface area contributed by atoms with Crippen LogP contribution in [0.15, 0.2) is 46.2 Å². The molecule has 0 radical (unpaired) electrons. The van der Waals surface area contributed by atoms with Crippen molar-refractivity contribution < 1.29 is 23.1 Å². The Morgan fingerprint density at radius 3 is 2.39 bits per heavy atom. The van der Waals surface area contributed by atoms with Gasteiger partial charge in [0.1, 0.15) is 10.6 Å². The molecule has 38 heavy (non-hydrogen) atoms. The van der Waals surface area contributed by atoms with E-state index >= 15 is 0 Å². The first-order chi connectivity index (χ1) is 18.0. The van der Waals surface area contributed by atoms with Gasteiger partial charge in [-0.25, -0.2) is 8.42 Å². The fraction of sp³-hybridized carbons (Fsp3) is 0.429. The van der Waals surface area contributed by atoms with E-state index in [1.165, 1.54) is 0 Å². The van der Waals surface area contributed by atoms with Crippen LogP contribution in [-0.2, 0) is 14.6 Å². The fourth-order valence-corrected chi connectivity index (χ4v) is 7.14. The molecule has 1 amide bonds. The summed E-state index contributed by atoms with van der Waals surface area (Å²) in [7, 11) is -4.04. The SMILES string of the molecule is CCC(CN1CCC(CNC(=O)c2[nH]c3ccc(Cl)cc3c2S(=O)(=O)c2cc(C)cc(C)c2)CC1)C(=O)O. The summed E-state index contributed by atoms with van der Waals surface area (Å²) in [5.41, 5.74) is 2.13. The van der Waals surface area contributed by atoms with Gasteiger partial charge in [0.2, 0.25) is 9.84 Å². The Morgan fingerprint density at radius 2 is 1.79 bits per heavy atom. The number of carboxylic acid groups (broad SMARTS) is 1. The highest BCUT2D eigenvalue weighted by Gasteiger charge is 2.31. The summed E-state index contributed by atoms with van der Waals surface area (Å²) in [5.74, 6) is -1.41. The topological polar surface area (TPSA) is 120 Å². The van der Waals surface area contributed by atoms with Crippen LogP contribution in [0.3, 0.4) is 0 Å². The Hall–Kier alpha value is -2.88. The second-order valence-electron chi connectivity index (χ2n) is 10.2. The number of nitrogens with one attached hydrogen (secondary N) is 2. The molecule has 0 saturated carbocycles. The van der Waals surface area contributed by atoms with Gasteiger partial charge in [-0.3, -0.25) is 9.59 Å². The number of rotatable bonds is 9. The number of aliphatic carboxylic acids is 1. The molecule has 3 N–H and O–H groups in total. The first kappa shape index (κ1) is 28.1. The van der Waals surface area contributed by atoms with Gasteiger partial charge in [-0.05, 0) is 93.6 Å². The van der Waals surface area contributed by atoms with E-state index in [2.05, 4.69) is 15.2 Å². The fourth-order valence-electron chi connectivity index (χ4n) is 5.18. The van der Waals surface area contributed by atoms with E-state index in [0.717, 1.165) is 37.1 Å². The maximum absolute atomic E-state index is 13.9. The largest absolute Gasteiger partial charge is 0.481 e. The maximum Gasteiger partial charge on any atom is 0.307 e. The highest BCUT2D eigenvalue weighted by Crippen LogP contribution is 2.34. The van der Waals surface area contributed by atoms with Crippen molar-refractivity contribution in [2.45, 2.75) is 49.8 Å². The molecule has 1 aliphatic heterocycles. The van der Waals surface area contributed by atoms with Crippen LogP contribution in [0.4, 0.5) is 0 Å². The molecule has 1 atom stereocenters. The second-order valence-corrected chi connectivity index (χ2v) is 12.6. The Kier molecular flexibility index (Phi) is 8.49. The lowest BCUT2D eigenvalue weighted by atomic mass is 9.95. The predicted octanol–water partition coefficient (Wildman–Crippen LogP) is 4.82. The Bertz CT molecular complexity index is 1440. The quantitative estimate of drug-likeness (QED) is 0.346. The van der Waals surface area contributed by atoms with Crippen molar-refractivity contribution in [3.05, 3.63) is 58.2 Å². The van der Waals surface area contributed by atoms with E-state index in [-0.39, 0.29) is 27.3 Å². The van der Waals surface area contributed by atoms with E-state index in [0.29, 0.717) is 35.4 Å². The monoisotopic (exact) mass is 559 g/mol. The zero-order chi connectivity index (χ0) is 27.6. The van der Waals surface area contributed by atoms with Crippen LogP contribution in [0, 0.1) is 25.7 Å². The predicted molar refractivity (Wildman–Crippen MR) is 148 cm³/mol. The van der Waals surface area contributed by atoms with Crippen molar-refractivity contribution in [2.24, 2.45) is 11.8 Å². The van der Waals surface area contributed by atoms with E-state index in [4.69, 9.17) is 11.6 Å². The summed E-state index contributed by atoms with van der Waals surface area (Å²) in [6.45, 7) is 8.02. The number of H-pyrrole nitrogens is 1. The summed E-state index contributed by atoms with van der Waals surface area (Å²) < 4.78 is 27.7. The van der Waals surface area contributed by atoms with Crippen LogP contribution < -0.4 is 5.32 Å². The minimum absolute atomic E-state index is 0.00823. The second kappa shape index (κ2) is 11.5. The Balaban J connectivity index is 1.54. The number of fused-ring (bicyclic) bond motifs is 1. The minimum Gasteiger partial charge on any atom is -0.481 e. The normalized spacial score (nSPS) is 16.0. The standard InChI is InChI=1S/C28H34ClN3O5S/c1-4-20(28(34)35)16-32-9-7-19(8-10-32)15-30-27(33)25-26(23-14-21(29)5-6-24(23)31-25)38(36,37)22-12-17(2)11-18(3)13-22/h5-6,11-14,19-20,31H,4,7-10,15-16H2,1-3H3,(H,30,33)(H,34,35). The number of benzene rings is 2. The van der Waals surface area contributed by atoms with E-state index in [1.54, 1.807) is 30.3 Å². The molecular formula is C28H34ClN3O5S. The number of aryl methyl sites for hydroxylation is 2. The number of carbonyl (C=O) groups is 2. The van der Waals surface area contributed by atoms with Crippen LogP contribution >= 0.6 is 11.6 Å². The van der Waals surface area contributed by atoms with Crippen molar-refractivity contribution in [2.75, 3.05) is 26.2 Å². The van der Waals surface area contributed by atoms with E-state index < -0.39 is 21.7 Å². The molecule has 8 nitrogen and oxygen atoms in total. The first-order valence-corrected chi connectivity index (χ1v) is 14.7. The molecule has 0 spiro atoms. The van der Waals surface area contributed by atoms with Gasteiger partial charge in [-0.2, -0.15) is 0 Å². The third kappa shape index (κ3) is 6.06. The number of aromatic nitrogens is 1. The summed E-state index contributed by atoms with van der Waals surface area (Å²) in [5, 5.41) is 13.0. The van der Waals surface area contributed by atoms with Gasteiger partial charge in [0, 0.05) is 29.0 Å². The molecule has 1 fully saturated rings. The smallest absolute Gasteiger partial charge is 0.307 e. The summed E-state index contributed by atoms with van der Waals surface area (Å²) >= 11 is 6.21. The Morgan fingerprint density at radius 1 is 1.13 bits per heavy atom. The van der Waals surface area contributed by atoms with Gasteiger partial charge in [-0.15, -0.1) is 0 Å². The van der Waals surface area contributed by atoms with Crippen LogP contribution in [0.1, 0.15) is 47.8 Å². The maximum atomic E-state index is 13.9. The zero-order valence-electron chi connectivity index (χ0n) is 21.9. The van der Waals surface area contributed by atoms with Crippen molar-refractivity contribution in [1.29, 1.82) is 0 Å². The summed E-state index contributed by atoms with van der Waals surface area (Å²) in [6.07, 6.45) is 2.24. The van der Waals surface area contributed by atoms with Gasteiger partial charge in [0.25, 0.3) is 5.91 Å². The van der Waals surface area contributed by atoms with Gasteiger partial charge < -0.3 is 20.3 Å². The lowest BCUT2D eigenvalue weighted by Crippen LogP contribution is -2.41. The molecule has 10 heteroatoms. The lowest BCUT2D eigenvalue weighted by molar-refractivity contribution is -0.142. The van der Waals surface area contributed by atoms with Crippen LogP contribution in [-0.4, -0.2) is 61.5 Å². The highest BCUT2D eigenvalue weighted by molar-refractivity contribution is 7.91. The minimum atomic E-state index is -4.04. The Labute approximate surface area is 228 Å². The average molecular weight is 560 g/mol. The van der Waals surface area contributed by atoms with E-state index in [9.17, 15) is 23.1 Å². The van der Waals surface area contributed by atoms with Gasteiger partial charge in [-0.1, -0.05) is 24.6 Å². The molecule has 204 valence electrons. The number of carbonyl (C=O) groups excluding carboxylic acids is 1. The first-order valence-electron chi connectivity index (χ1n) is 12.9. The molecule has 1 unspecified atom stereocenters. The van der Waals surface area contributed by atoms with Crippen molar-refractivity contribution >= 4 is 44.2 Å². The molecular weight excluding hydrogens is 526 g/mol. The number of likely N-dealkylation sites (tertiary alicyclic amines) is 1. The van der Waals surface area contributed by atoms with Crippen molar-refractivity contribution in [3.63, 3.8) is 0 Å². The lowest BCUT2D eigenvalue weighted by Gasteiger charge is -2.33. The van der Waals surface area contributed by atoms with Gasteiger partial charge in [0.15, 0.2) is 0 Å². The third-order valence-corrected chi connectivity index (χ3v) is 9.35. The number of nitrogens with zero attached hydrogens (tertiary/aromatic N) is 1. The van der Waals surface area contributed by atoms with Crippen LogP contribution in [0.2, 0.25) is 5.02 Å². The van der Waals surface area contributed by atoms with Crippen LogP contribution in [0.25, 0.3) is 10.9 Å². The van der Waals surface area contributed by atoms with Gasteiger partial charge in [0.05, 0.1) is 10.8 Å². The zero-order valence-corrected chi connectivity index (χ0v) is 23.5. The number of carboxylic acids is 1. The summed E-state index contributed by atoms with van der Waals surface area (Å²) in [6, 6.07) is 10.00. The molecule has 0 aliphatic carbocycles. The molecule has 1 aromatic heterocycles. The highest BCUT2D eigenvalue weighted by atomic mass is 35.5. The summed E-state index contributed by atoms with van der Waals surface area (Å²) in [4.78, 5) is 30.0. The number of sulfone groups is 1. The molecule has 1 aliphatic rings. The average Bonchev–Trinajstić information content (AvgIpc) is 3.25. The number of piperidine rings is 1. The van der Waals surface area contributed by atoms with Crippen molar-refractivity contribution in [3.8, 4) is 0 Å². The van der Waals surface area contributed by atoms with E-state index in [1.807, 2.05) is 26.8 Å². The number of aromatic amines is 1. The van der Waals surface area contributed by atoms with Crippen molar-refractivity contribution in [1.82, 2.24) is 15.2 Å². The van der Waals surface area contributed by atoms with Gasteiger partial charge >= 0.3 is 5.97 Å². The molecule has 2 aromatic carbocycles. The molecule has 2 heterocycles. The number of amides is 1. The number of hydrogen-bond acceptors (Lipinski definition) is 5.